The Morgan fingerprint density at radius 2 is 2.21 bits per heavy atom. The first-order valence-corrected chi connectivity index (χ1v) is 7.63. The summed E-state index contributed by atoms with van der Waals surface area (Å²) in [5, 5.41) is 8.12. The van der Waals surface area contributed by atoms with Crippen molar-refractivity contribution in [2.45, 2.75) is 52.1 Å². The molecule has 1 saturated heterocycles. The van der Waals surface area contributed by atoms with Crippen LogP contribution in [0.3, 0.4) is 0 Å². The van der Waals surface area contributed by atoms with Crippen molar-refractivity contribution in [2.75, 3.05) is 19.6 Å². The zero-order chi connectivity index (χ0) is 13.5. The Labute approximate surface area is 116 Å². The van der Waals surface area contributed by atoms with E-state index in [4.69, 9.17) is 5.73 Å². The summed E-state index contributed by atoms with van der Waals surface area (Å²) in [6, 6.07) is 0. The molecular weight excluding hydrogens is 238 g/mol. The van der Waals surface area contributed by atoms with Crippen LogP contribution in [0.15, 0.2) is 6.20 Å². The Balaban J connectivity index is 1.73. The molecule has 5 heteroatoms. The molecular formula is C14H27N5. The molecule has 0 aliphatic carbocycles. The molecule has 0 radical (unpaired) electrons. The first-order chi connectivity index (χ1) is 9.31. The van der Waals surface area contributed by atoms with Crippen molar-refractivity contribution in [2.24, 2.45) is 11.7 Å². The van der Waals surface area contributed by atoms with Gasteiger partial charge in [0.05, 0.1) is 12.2 Å². The molecule has 1 aliphatic heterocycles. The highest BCUT2D eigenvalue weighted by Crippen LogP contribution is 2.21. The highest BCUT2D eigenvalue weighted by atomic mass is 15.4. The molecule has 1 atom stereocenters. The van der Waals surface area contributed by atoms with Gasteiger partial charge in [0.15, 0.2) is 0 Å². The third-order valence-electron chi connectivity index (χ3n) is 4.08. The van der Waals surface area contributed by atoms with Crippen LogP contribution in [0.1, 0.15) is 44.7 Å². The van der Waals surface area contributed by atoms with Crippen LogP contribution >= 0.6 is 0 Å². The fraction of sp³-hybridized carbons (Fsp3) is 0.857. The first-order valence-electron chi connectivity index (χ1n) is 7.63. The van der Waals surface area contributed by atoms with Crippen LogP contribution in [-0.4, -0.2) is 39.5 Å². The van der Waals surface area contributed by atoms with E-state index in [1.165, 1.54) is 45.2 Å². The number of hydrogen-bond donors (Lipinski definition) is 1. The number of aromatic nitrogens is 3. The van der Waals surface area contributed by atoms with Gasteiger partial charge in [-0.25, -0.2) is 0 Å². The molecule has 1 fully saturated rings. The van der Waals surface area contributed by atoms with Gasteiger partial charge in [-0.2, -0.15) is 0 Å². The van der Waals surface area contributed by atoms with E-state index in [1.54, 1.807) is 0 Å². The summed E-state index contributed by atoms with van der Waals surface area (Å²) in [5.74, 6) is 0.949. The smallest absolute Gasteiger partial charge is 0.0962 e. The fourth-order valence-corrected chi connectivity index (χ4v) is 2.93. The largest absolute Gasteiger partial charge is 0.325 e. The van der Waals surface area contributed by atoms with Gasteiger partial charge in [0.2, 0.25) is 0 Å². The van der Waals surface area contributed by atoms with Gasteiger partial charge in [-0.1, -0.05) is 25.0 Å². The molecule has 19 heavy (non-hydrogen) atoms. The summed E-state index contributed by atoms with van der Waals surface area (Å²) in [6.07, 6.45) is 8.79. The van der Waals surface area contributed by atoms with Gasteiger partial charge in [-0.05, 0) is 38.3 Å². The zero-order valence-corrected chi connectivity index (χ0v) is 12.1. The van der Waals surface area contributed by atoms with E-state index in [9.17, 15) is 0 Å². The van der Waals surface area contributed by atoms with Crippen LogP contribution in [0.2, 0.25) is 0 Å². The average molecular weight is 265 g/mol. The molecule has 108 valence electrons. The molecule has 2 heterocycles. The zero-order valence-electron chi connectivity index (χ0n) is 12.1. The summed E-state index contributed by atoms with van der Waals surface area (Å²) in [5.41, 5.74) is 6.41. The SMILES string of the molecule is CCCC1CCCN(CCn2cc(CN)nn2)CC1. The van der Waals surface area contributed by atoms with Crippen LogP contribution in [-0.2, 0) is 13.1 Å². The van der Waals surface area contributed by atoms with Gasteiger partial charge in [-0.15, -0.1) is 5.10 Å². The average Bonchev–Trinajstić information content (AvgIpc) is 2.77. The lowest BCUT2D eigenvalue weighted by Gasteiger charge is -2.19. The van der Waals surface area contributed by atoms with E-state index in [2.05, 4.69) is 22.1 Å². The highest BCUT2D eigenvalue weighted by molar-refractivity contribution is 4.90. The quantitative estimate of drug-likeness (QED) is 0.849. The van der Waals surface area contributed by atoms with Crippen LogP contribution in [0.25, 0.3) is 0 Å². The predicted molar refractivity (Wildman–Crippen MR) is 76.6 cm³/mol. The second-order valence-corrected chi connectivity index (χ2v) is 5.60. The molecule has 0 bridgehead atoms. The summed E-state index contributed by atoms with van der Waals surface area (Å²) in [7, 11) is 0. The lowest BCUT2D eigenvalue weighted by molar-refractivity contribution is 0.263. The molecule has 0 amide bonds. The van der Waals surface area contributed by atoms with Crippen molar-refractivity contribution in [3.8, 4) is 0 Å². The third kappa shape index (κ3) is 4.58. The fourth-order valence-electron chi connectivity index (χ4n) is 2.93. The van der Waals surface area contributed by atoms with Crippen molar-refractivity contribution < 1.29 is 0 Å². The van der Waals surface area contributed by atoms with E-state index >= 15 is 0 Å². The maximum Gasteiger partial charge on any atom is 0.0962 e. The van der Waals surface area contributed by atoms with Crippen LogP contribution in [0.4, 0.5) is 0 Å². The van der Waals surface area contributed by atoms with Gasteiger partial charge < -0.3 is 10.6 Å². The number of hydrogen-bond acceptors (Lipinski definition) is 4. The maximum atomic E-state index is 5.54. The molecule has 1 aliphatic rings. The predicted octanol–water partition coefficient (Wildman–Crippen LogP) is 1.64. The second-order valence-electron chi connectivity index (χ2n) is 5.60. The summed E-state index contributed by atoms with van der Waals surface area (Å²) < 4.78 is 1.91. The minimum atomic E-state index is 0.475. The number of nitrogens with two attached hydrogens (primary N) is 1. The summed E-state index contributed by atoms with van der Waals surface area (Å²) >= 11 is 0. The van der Waals surface area contributed by atoms with Crippen LogP contribution in [0, 0.1) is 5.92 Å². The van der Waals surface area contributed by atoms with E-state index in [1.807, 2.05) is 10.9 Å². The molecule has 5 nitrogen and oxygen atoms in total. The minimum Gasteiger partial charge on any atom is -0.325 e. The summed E-state index contributed by atoms with van der Waals surface area (Å²) in [4.78, 5) is 2.57. The number of likely N-dealkylation sites (tertiary alicyclic amines) is 1. The van der Waals surface area contributed by atoms with E-state index in [0.29, 0.717) is 6.54 Å². The first kappa shape index (κ1) is 14.5. The van der Waals surface area contributed by atoms with Crippen molar-refractivity contribution in [1.29, 1.82) is 0 Å². The normalized spacial score (nSPS) is 21.5. The molecule has 0 aromatic carbocycles. The van der Waals surface area contributed by atoms with Crippen molar-refractivity contribution in [1.82, 2.24) is 19.9 Å². The Morgan fingerprint density at radius 3 is 2.95 bits per heavy atom. The molecule has 1 aromatic rings. The molecule has 2 N–H and O–H groups in total. The lowest BCUT2D eigenvalue weighted by atomic mass is 9.96. The van der Waals surface area contributed by atoms with E-state index in [0.717, 1.165) is 24.7 Å². The van der Waals surface area contributed by atoms with Crippen molar-refractivity contribution in [3.63, 3.8) is 0 Å². The number of nitrogens with zero attached hydrogens (tertiary/aromatic N) is 4. The molecule has 0 saturated carbocycles. The Morgan fingerprint density at radius 1 is 1.32 bits per heavy atom. The number of rotatable bonds is 6. The second kappa shape index (κ2) is 7.60. The van der Waals surface area contributed by atoms with Gasteiger partial charge in [-0.3, -0.25) is 4.68 Å². The molecule has 0 spiro atoms. The van der Waals surface area contributed by atoms with Crippen molar-refractivity contribution >= 4 is 0 Å². The van der Waals surface area contributed by atoms with Gasteiger partial charge in [0, 0.05) is 19.3 Å². The molecule has 2 rings (SSSR count). The van der Waals surface area contributed by atoms with Crippen molar-refractivity contribution in [3.05, 3.63) is 11.9 Å². The van der Waals surface area contributed by atoms with Gasteiger partial charge >= 0.3 is 0 Å². The standard InChI is InChI=1S/C14H27N5/c1-2-4-13-5-3-7-18(8-6-13)9-10-19-12-14(11-15)16-17-19/h12-13H,2-11,15H2,1H3. The highest BCUT2D eigenvalue weighted by Gasteiger charge is 2.16. The minimum absolute atomic E-state index is 0.475. The Hall–Kier alpha value is -0.940. The molecule has 1 aromatic heterocycles. The summed E-state index contributed by atoms with van der Waals surface area (Å²) in [6.45, 7) is 7.24. The third-order valence-corrected chi connectivity index (χ3v) is 4.08. The molecule has 1 unspecified atom stereocenters. The monoisotopic (exact) mass is 265 g/mol. The van der Waals surface area contributed by atoms with E-state index in [-0.39, 0.29) is 0 Å². The Bertz CT molecular complexity index is 362. The lowest BCUT2D eigenvalue weighted by Crippen LogP contribution is -2.28. The van der Waals surface area contributed by atoms with Crippen LogP contribution < -0.4 is 5.73 Å². The van der Waals surface area contributed by atoms with Crippen LogP contribution in [0.5, 0.6) is 0 Å². The Kier molecular flexibility index (Phi) is 5.79. The van der Waals surface area contributed by atoms with E-state index < -0.39 is 0 Å². The maximum absolute atomic E-state index is 5.54. The van der Waals surface area contributed by atoms with Gasteiger partial charge in [0.1, 0.15) is 0 Å². The van der Waals surface area contributed by atoms with Gasteiger partial charge in [0.25, 0.3) is 0 Å². The topological polar surface area (TPSA) is 60.0 Å².